The van der Waals surface area contributed by atoms with Crippen molar-refractivity contribution in [1.82, 2.24) is 4.98 Å². The Morgan fingerprint density at radius 3 is 2.72 bits per heavy atom. The largest absolute Gasteiger partial charge is 0.494 e. The van der Waals surface area contributed by atoms with Crippen molar-refractivity contribution in [2.24, 2.45) is 5.92 Å². The third-order valence-corrected chi connectivity index (χ3v) is 3.04. The number of hydrogen-bond acceptors (Lipinski definition) is 2. The first kappa shape index (κ1) is 12.7. The Bertz CT molecular complexity index is 581. The Morgan fingerprint density at radius 1 is 1.39 bits per heavy atom. The van der Waals surface area contributed by atoms with Crippen LogP contribution in [0.5, 0.6) is 5.75 Å². The van der Waals surface area contributed by atoms with Crippen LogP contribution in [-0.4, -0.2) is 17.4 Å². The monoisotopic (exact) mass is 245 g/mol. The maximum atomic E-state index is 12.2. The van der Waals surface area contributed by atoms with E-state index in [2.05, 4.69) is 4.98 Å². The average molecular weight is 245 g/mol. The second-order valence-corrected chi connectivity index (χ2v) is 4.78. The molecule has 1 aromatic carbocycles. The molecule has 0 aliphatic carbocycles. The van der Waals surface area contributed by atoms with Gasteiger partial charge in [-0.05, 0) is 32.0 Å². The van der Waals surface area contributed by atoms with Crippen molar-refractivity contribution in [2.45, 2.75) is 27.7 Å². The van der Waals surface area contributed by atoms with Crippen molar-refractivity contribution in [3.05, 3.63) is 29.5 Å². The van der Waals surface area contributed by atoms with Crippen LogP contribution in [0.4, 0.5) is 0 Å². The van der Waals surface area contributed by atoms with Crippen LogP contribution in [0, 0.1) is 12.8 Å². The van der Waals surface area contributed by atoms with Gasteiger partial charge in [-0.1, -0.05) is 13.8 Å². The fourth-order valence-corrected chi connectivity index (χ4v) is 2.17. The predicted molar refractivity (Wildman–Crippen MR) is 73.4 cm³/mol. The van der Waals surface area contributed by atoms with E-state index in [-0.39, 0.29) is 11.7 Å². The number of Topliss-reactive ketones (excluding diaryl/α,β-unsaturated/α-hetero) is 1. The molecule has 3 nitrogen and oxygen atoms in total. The lowest BCUT2D eigenvalue weighted by Crippen LogP contribution is -2.08. The van der Waals surface area contributed by atoms with Crippen LogP contribution in [0.15, 0.2) is 18.2 Å². The molecular weight excluding hydrogens is 226 g/mol. The van der Waals surface area contributed by atoms with Crippen molar-refractivity contribution >= 4 is 16.7 Å². The molecule has 1 N–H and O–H groups in total. The van der Waals surface area contributed by atoms with Gasteiger partial charge >= 0.3 is 0 Å². The summed E-state index contributed by atoms with van der Waals surface area (Å²) >= 11 is 0. The van der Waals surface area contributed by atoms with Crippen LogP contribution >= 0.6 is 0 Å². The SMILES string of the molecule is CCOc1ccc2[nH]c(C)c(C(=O)C(C)C)c2c1. The molecule has 0 radical (unpaired) electrons. The van der Waals surface area contributed by atoms with Crippen molar-refractivity contribution in [1.29, 1.82) is 0 Å². The first-order valence-electron chi connectivity index (χ1n) is 6.34. The molecule has 2 rings (SSSR count). The minimum Gasteiger partial charge on any atom is -0.494 e. The minimum absolute atomic E-state index is 0.00144. The zero-order valence-electron chi connectivity index (χ0n) is 11.3. The van der Waals surface area contributed by atoms with Crippen molar-refractivity contribution in [3.63, 3.8) is 0 Å². The number of ketones is 1. The molecule has 1 aromatic heterocycles. The highest BCUT2D eigenvalue weighted by Crippen LogP contribution is 2.28. The highest BCUT2D eigenvalue weighted by molar-refractivity contribution is 6.10. The normalized spacial score (nSPS) is 11.2. The maximum absolute atomic E-state index is 12.2. The van der Waals surface area contributed by atoms with E-state index in [0.717, 1.165) is 27.9 Å². The molecule has 3 heteroatoms. The highest BCUT2D eigenvalue weighted by Gasteiger charge is 2.18. The van der Waals surface area contributed by atoms with Crippen LogP contribution in [-0.2, 0) is 0 Å². The first-order chi connectivity index (χ1) is 8.54. The van der Waals surface area contributed by atoms with E-state index in [1.807, 2.05) is 45.9 Å². The van der Waals surface area contributed by atoms with Crippen LogP contribution in [0.3, 0.4) is 0 Å². The molecule has 0 aliphatic rings. The van der Waals surface area contributed by atoms with Crippen molar-refractivity contribution in [2.75, 3.05) is 6.61 Å². The van der Waals surface area contributed by atoms with Gasteiger partial charge in [0.25, 0.3) is 0 Å². The number of H-pyrrole nitrogens is 1. The van der Waals surface area contributed by atoms with Gasteiger partial charge in [-0.3, -0.25) is 4.79 Å². The van der Waals surface area contributed by atoms with E-state index in [0.29, 0.717) is 6.61 Å². The molecule has 0 fully saturated rings. The Labute approximate surface area is 107 Å². The van der Waals surface area contributed by atoms with Gasteiger partial charge in [0.05, 0.1) is 6.61 Å². The maximum Gasteiger partial charge on any atom is 0.167 e. The second kappa shape index (κ2) is 4.84. The molecule has 0 atom stereocenters. The number of rotatable bonds is 4. The van der Waals surface area contributed by atoms with Crippen LogP contribution in [0.2, 0.25) is 0 Å². The quantitative estimate of drug-likeness (QED) is 0.834. The van der Waals surface area contributed by atoms with Gasteiger partial charge < -0.3 is 9.72 Å². The molecule has 0 saturated heterocycles. The number of aryl methyl sites for hydroxylation is 1. The molecule has 0 spiro atoms. The molecule has 96 valence electrons. The summed E-state index contributed by atoms with van der Waals surface area (Å²) < 4.78 is 5.49. The number of carbonyl (C=O) groups is 1. The van der Waals surface area contributed by atoms with Gasteiger partial charge in [-0.25, -0.2) is 0 Å². The molecule has 0 saturated carbocycles. The van der Waals surface area contributed by atoms with Crippen molar-refractivity contribution in [3.8, 4) is 5.75 Å². The van der Waals surface area contributed by atoms with E-state index in [4.69, 9.17) is 4.74 Å². The standard InChI is InChI=1S/C15H19NO2/c1-5-18-11-6-7-13-12(8-11)14(10(4)16-13)15(17)9(2)3/h6-9,16H,5H2,1-4H3. The number of aromatic nitrogens is 1. The Kier molecular flexibility index (Phi) is 3.41. The summed E-state index contributed by atoms with van der Waals surface area (Å²) in [4.78, 5) is 15.5. The van der Waals surface area contributed by atoms with E-state index in [1.54, 1.807) is 0 Å². The Morgan fingerprint density at radius 2 is 2.11 bits per heavy atom. The van der Waals surface area contributed by atoms with Gasteiger partial charge in [0.1, 0.15) is 5.75 Å². The van der Waals surface area contributed by atoms with E-state index < -0.39 is 0 Å². The lowest BCUT2D eigenvalue weighted by atomic mass is 9.98. The third kappa shape index (κ3) is 2.13. The summed E-state index contributed by atoms with van der Waals surface area (Å²) in [6, 6.07) is 5.83. The number of fused-ring (bicyclic) bond motifs is 1. The summed E-state index contributed by atoms with van der Waals surface area (Å²) in [6.45, 7) is 8.37. The average Bonchev–Trinajstić information content (AvgIpc) is 2.64. The van der Waals surface area contributed by atoms with Crippen LogP contribution < -0.4 is 4.74 Å². The number of carbonyl (C=O) groups excluding carboxylic acids is 1. The van der Waals surface area contributed by atoms with E-state index in [9.17, 15) is 4.79 Å². The Hall–Kier alpha value is -1.77. The summed E-state index contributed by atoms with van der Waals surface area (Å²) in [5.74, 6) is 0.979. The fraction of sp³-hybridized carbons (Fsp3) is 0.400. The second-order valence-electron chi connectivity index (χ2n) is 4.78. The molecule has 0 aliphatic heterocycles. The Balaban J connectivity index is 2.60. The predicted octanol–water partition coefficient (Wildman–Crippen LogP) is 3.71. The number of aromatic amines is 1. The smallest absolute Gasteiger partial charge is 0.167 e. The van der Waals surface area contributed by atoms with E-state index in [1.165, 1.54) is 0 Å². The summed E-state index contributed by atoms with van der Waals surface area (Å²) in [7, 11) is 0. The lowest BCUT2D eigenvalue weighted by Gasteiger charge is -2.06. The fourth-order valence-electron chi connectivity index (χ4n) is 2.17. The molecular formula is C15H19NO2. The molecule has 0 bridgehead atoms. The van der Waals surface area contributed by atoms with Crippen molar-refractivity contribution < 1.29 is 9.53 Å². The zero-order valence-corrected chi connectivity index (χ0v) is 11.3. The van der Waals surface area contributed by atoms with Crippen LogP contribution in [0.25, 0.3) is 10.9 Å². The minimum atomic E-state index is -0.00144. The molecule has 0 amide bonds. The third-order valence-electron chi connectivity index (χ3n) is 3.04. The summed E-state index contributed by atoms with van der Waals surface area (Å²) in [5.41, 5.74) is 2.71. The van der Waals surface area contributed by atoms with Gasteiger partial charge in [0, 0.05) is 28.1 Å². The number of hydrogen-bond donors (Lipinski definition) is 1. The van der Waals surface area contributed by atoms with E-state index >= 15 is 0 Å². The van der Waals surface area contributed by atoms with Gasteiger partial charge in [0.15, 0.2) is 5.78 Å². The molecule has 2 aromatic rings. The topological polar surface area (TPSA) is 42.1 Å². The highest BCUT2D eigenvalue weighted by atomic mass is 16.5. The molecule has 18 heavy (non-hydrogen) atoms. The lowest BCUT2D eigenvalue weighted by molar-refractivity contribution is 0.0940. The summed E-state index contributed by atoms with van der Waals surface area (Å²) in [5, 5.41) is 0.956. The first-order valence-corrected chi connectivity index (χ1v) is 6.34. The zero-order chi connectivity index (χ0) is 13.3. The summed E-state index contributed by atoms with van der Waals surface area (Å²) in [6.07, 6.45) is 0. The number of ether oxygens (including phenoxy) is 1. The number of benzene rings is 1. The molecule has 1 heterocycles. The van der Waals surface area contributed by atoms with Crippen LogP contribution in [0.1, 0.15) is 36.8 Å². The molecule has 0 unspecified atom stereocenters. The van der Waals surface area contributed by atoms with Gasteiger partial charge in [0.2, 0.25) is 0 Å². The van der Waals surface area contributed by atoms with Gasteiger partial charge in [-0.15, -0.1) is 0 Å². The number of nitrogens with one attached hydrogen (secondary N) is 1. The van der Waals surface area contributed by atoms with Gasteiger partial charge in [-0.2, -0.15) is 0 Å².